The van der Waals surface area contributed by atoms with Crippen molar-refractivity contribution in [1.29, 1.82) is 0 Å². The molecule has 0 spiro atoms. The highest BCUT2D eigenvalue weighted by atomic mass is 16.1. The van der Waals surface area contributed by atoms with Crippen molar-refractivity contribution < 1.29 is 4.79 Å². The standard InChI is InChI=1S/C8H15NO/c1-6-3-4-7(2)8(10)9-5-6/h6-7H,3-5H2,1-2H3,(H,9,10). The second-order valence-electron chi connectivity index (χ2n) is 3.33. The molecule has 0 bridgehead atoms. The van der Waals surface area contributed by atoms with Gasteiger partial charge in [0.05, 0.1) is 0 Å². The first-order valence-electron chi connectivity index (χ1n) is 3.98. The summed E-state index contributed by atoms with van der Waals surface area (Å²) >= 11 is 0. The van der Waals surface area contributed by atoms with E-state index in [4.69, 9.17) is 0 Å². The van der Waals surface area contributed by atoms with Crippen molar-refractivity contribution in [3.05, 3.63) is 0 Å². The Bertz CT molecular complexity index is 133. The molecule has 2 atom stereocenters. The minimum Gasteiger partial charge on any atom is -0.356 e. The normalized spacial score (nSPS) is 34.8. The highest BCUT2D eigenvalue weighted by Gasteiger charge is 2.18. The van der Waals surface area contributed by atoms with Gasteiger partial charge in [0.15, 0.2) is 0 Å². The second kappa shape index (κ2) is 3.04. The number of carbonyl (C=O) groups excluding carboxylic acids is 1. The van der Waals surface area contributed by atoms with Crippen molar-refractivity contribution in [1.82, 2.24) is 5.32 Å². The Kier molecular flexibility index (Phi) is 2.30. The van der Waals surface area contributed by atoms with Gasteiger partial charge in [-0.15, -0.1) is 0 Å². The van der Waals surface area contributed by atoms with E-state index in [0.717, 1.165) is 13.0 Å². The van der Waals surface area contributed by atoms with E-state index >= 15 is 0 Å². The molecule has 2 unspecified atom stereocenters. The van der Waals surface area contributed by atoms with Gasteiger partial charge >= 0.3 is 0 Å². The molecule has 10 heavy (non-hydrogen) atoms. The molecule has 1 N–H and O–H groups in total. The van der Waals surface area contributed by atoms with E-state index in [1.54, 1.807) is 0 Å². The fourth-order valence-corrected chi connectivity index (χ4v) is 1.22. The van der Waals surface area contributed by atoms with Crippen molar-refractivity contribution in [2.75, 3.05) is 6.54 Å². The Morgan fingerprint density at radius 2 is 2.10 bits per heavy atom. The molecule has 2 heteroatoms. The van der Waals surface area contributed by atoms with E-state index in [-0.39, 0.29) is 11.8 Å². The maximum absolute atomic E-state index is 11.0. The average molecular weight is 141 g/mol. The third-order valence-electron chi connectivity index (χ3n) is 2.16. The molecule has 1 aliphatic heterocycles. The van der Waals surface area contributed by atoms with Gasteiger partial charge < -0.3 is 5.32 Å². The van der Waals surface area contributed by atoms with E-state index in [9.17, 15) is 4.79 Å². The Morgan fingerprint density at radius 1 is 1.40 bits per heavy atom. The lowest BCUT2D eigenvalue weighted by molar-refractivity contribution is -0.124. The van der Waals surface area contributed by atoms with Crippen molar-refractivity contribution in [2.45, 2.75) is 26.7 Å². The van der Waals surface area contributed by atoms with Crippen LogP contribution in [0, 0.1) is 11.8 Å². The monoisotopic (exact) mass is 141 g/mol. The fraction of sp³-hybridized carbons (Fsp3) is 0.875. The smallest absolute Gasteiger partial charge is 0.222 e. The van der Waals surface area contributed by atoms with Crippen LogP contribution in [0.3, 0.4) is 0 Å². The summed E-state index contributed by atoms with van der Waals surface area (Å²) < 4.78 is 0. The molecule has 1 rings (SSSR count). The van der Waals surface area contributed by atoms with Crippen LogP contribution in [0.1, 0.15) is 26.7 Å². The molecule has 0 aromatic heterocycles. The topological polar surface area (TPSA) is 29.1 Å². The Balaban J connectivity index is 2.46. The molecule has 2 nitrogen and oxygen atoms in total. The summed E-state index contributed by atoms with van der Waals surface area (Å²) in [5.41, 5.74) is 0. The Hall–Kier alpha value is -0.530. The van der Waals surface area contributed by atoms with E-state index in [1.807, 2.05) is 6.92 Å². The van der Waals surface area contributed by atoms with Gasteiger partial charge in [-0.25, -0.2) is 0 Å². The number of hydrogen-bond donors (Lipinski definition) is 1. The number of nitrogens with one attached hydrogen (secondary N) is 1. The van der Waals surface area contributed by atoms with E-state index in [2.05, 4.69) is 12.2 Å². The minimum atomic E-state index is 0.226. The van der Waals surface area contributed by atoms with Crippen molar-refractivity contribution >= 4 is 5.91 Å². The van der Waals surface area contributed by atoms with Gasteiger partial charge in [-0.3, -0.25) is 4.79 Å². The van der Waals surface area contributed by atoms with E-state index in [0.29, 0.717) is 5.92 Å². The highest BCUT2D eigenvalue weighted by molar-refractivity contribution is 5.78. The summed E-state index contributed by atoms with van der Waals surface area (Å²) in [5.74, 6) is 1.11. The van der Waals surface area contributed by atoms with Gasteiger partial charge in [-0.05, 0) is 18.8 Å². The van der Waals surface area contributed by atoms with Gasteiger partial charge in [0.1, 0.15) is 0 Å². The summed E-state index contributed by atoms with van der Waals surface area (Å²) in [5, 5.41) is 2.91. The molecule has 0 aliphatic carbocycles. The molecular weight excluding hydrogens is 126 g/mol. The maximum Gasteiger partial charge on any atom is 0.222 e. The Labute approximate surface area is 62.0 Å². The molecular formula is C8H15NO. The molecule has 1 amide bonds. The molecule has 1 aliphatic rings. The molecule has 0 saturated carbocycles. The van der Waals surface area contributed by atoms with Gasteiger partial charge in [-0.2, -0.15) is 0 Å². The largest absolute Gasteiger partial charge is 0.356 e. The third-order valence-corrected chi connectivity index (χ3v) is 2.16. The Morgan fingerprint density at radius 3 is 2.80 bits per heavy atom. The van der Waals surface area contributed by atoms with Crippen LogP contribution in [0.25, 0.3) is 0 Å². The average Bonchev–Trinajstić information content (AvgIpc) is 2.04. The van der Waals surface area contributed by atoms with Crippen LogP contribution in [-0.4, -0.2) is 12.5 Å². The zero-order valence-corrected chi connectivity index (χ0v) is 6.68. The van der Waals surface area contributed by atoms with Crippen LogP contribution in [0.2, 0.25) is 0 Å². The van der Waals surface area contributed by atoms with Crippen molar-refractivity contribution in [3.63, 3.8) is 0 Å². The highest BCUT2D eigenvalue weighted by Crippen LogP contribution is 2.15. The van der Waals surface area contributed by atoms with E-state index in [1.165, 1.54) is 6.42 Å². The van der Waals surface area contributed by atoms with Crippen LogP contribution in [0.5, 0.6) is 0 Å². The van der Waals surface area contributed by atoms with Crippen LogP contribution < -0.4 is 5.32 Å². The number of hydrogen-bond acceptors (Lipinski definition) is 1. The van der Waals surface area contributed by atoms with Crippen LogP contribution >= 0.6 is 0 Å². The van der Waals surface area contributed by atoms with Crippen molar-refractivity contribution in [3.8, 4) is 0 Å². The summed E-state index contributed by atoms with van der Waals surface area (Å²) in [6.45, 7) is 5.04. The number of carbonyl (C=O) groups is 1. The van der Waals surface area contributed by atoms with Crippen LogP contribution in [0.15, 0.2) is 0 Å². The zero-order chi connectivity index (χ0) is 7.56. The quantitative estimate of drug-likeness (QED) is 0.539. The molecule has 1 fully saturated rings. The molecule has 58 valence electrons. The SMILES string of the molecule is CC1CCC(C)C(=O)NC1. The number of amides is 1. The predicted octanol–water partition coefficient (Wildman–Crippen LogP) is 1.17. The lowest BCUT2D eigenvalue weighted by Crippen LogP contribution is -2.28. The number of rotatable bonds is 0. The molecule has 0 aromatic carbocycles. The molecule has 1 heterocycles. The summed E-state index contributed by atoms with van der Waals surface area (Å²) in [6.07, 6.45) is 2.23. The fourth-order valence-electron chi connectivity index (χ4n) is 1.22. The van der Waals surface area contributed by atoms with Gasteiger partial charge in [0.2, 0.25) is 5.91 Å². The summed E-state index contributed by atoms with van der Waals surface area (Å²) in [4.78, 5) is 11.0. The molecule has 0 radical (unpaired) electrons. The summed E-state index contributed by atoms with van der Waals surface area (Å²) in [7, 11) is 0. The third kappa shape index (κ3) is 1.72. The maximum atomic E-state index is 11.0. The van der Waals surface area contributed by atoms with Gasteiger partial charge in [0.25, 0.3) is 0 Å². The van der Waals surface area contributed by atoms with Gasteiger partial charge in [0, 0.05) is 12.5 Å². The minimum absolute atomic E-state index is 0.226. The van der Waals surface area contributed by atoms with Crippen molar-refractivity contribution in [2.24, 2.45) is 11.8 Å². The first-order chi connectivity index (χ1) is 4.70. The van der Waals surface area contributed by atoms with E-state index < -0.39 is 0 Å². The van der Waals surface area contributed by atoms with Crippen LogP contribution in [0.4, 0.5) is 0 Å². The lowest BCUT2D eigenvalue weighted by Gasteiger charge is -2.04. The zero-order valence-electron chi connectivity index (χ0n) is 6.68. The summed E-state index contributed by atoms with van der Waals surface area (Å²) in [6, 6.07) is 0. The molecule has 1 saturated heterocycles. The lowest BCUT2D eigenvalue weighted by atomic mass is 10.0. The van der Waals surface area contributed by atoms with Gasteiger partial charge in [-0.1, -0.05) is 13.8 Å². The van der Waals surface area contributed by atoms with Crippen LogP contribution in [-0.2, 0) is 4.79 Å². The molecule has 0 aromatic rings. The predicted molar refractivity (Wildman–Crippen MR) is 40.6 cm³/mol. The first-order valence-corrected chi connectivity index (χ1v) is 3.98. The second-order valence-corrected chi connectivity index (χ2v) is 3.33. The first kappa shape index (κ1) is 7.58.